The van der Waals surface area contributed by atoms with Gasteiger partial charge in [-0.3, -0.25) is 0 Å². The van der Waals surface area contributed by atoms with Crippen LogP contribution in [0, 0.1) is 25.7 Å². The predicted octanol–water partition coefficient (Wildman–Crippen LogP) is 13.9. The Bertz CT molecular complexity index is 2450. The molecule has 2 atom stereocenters. The number of allylic oxidation sites excluding steroid dienone is 8. The summed E-state index contributed by atoms with van der Waals surface area (Å²) in [6, 6.07) is 52.3. The molecule has 7 aromatic rings. The van der Waals surface area contributed by atoms with Crippen molar-refractivity contribution in [2.24, 2.45) is 11.8 Å². The van der Waals surface area contributed by atoms with E-state index in [4.69, 9.17) is 0 Å². The molecule has 0 bridgehead atoms. The Morgan fingerprint density at radius 1 is 0.462 bits per heavy atom. The van der Waals surface area contributed by atoms with Gasteiger partial charge in [0.05, 0.1) is 11.0 Å². The molecule has 9 rings (SSSR count). The van der Waals surface area contributed by atoms with Crippen LogP contribution >= 0.6 is 0 Å². The highest BCUT2D eigenvalue weighted by Crippen LogP contribution is 2.38. The quantitative estimate of drug-likeness (QED) is 0.172. The molecule has 0 saturated carbocycles. The SMILES string of the molecule is CC1=CC=CC(C2C=CC=C(c3cccc(-c4ccccc4)c3)C2)C1.Cc1ccccc1-c1cc(-n2c3ccccc3c3ccccc32)ccc1C. The van der Waals surface area contributed by atoms with E-state index in [-0.39, 0.29) is 0 Å². The van der Waals surface area contributed by atoms with E-state index < -0.39 is 0 Å². The Kier molecular flexibility index (Phi) is 9.42. The van der Waals surface area contributed by atoms with Crippen LogP contribution in [-0.4, -0.2) is 4.57 Å². The number of aryl methyl sites for hydroxylation is 2. The number of para-hydroxylation sites is 2. The monoisotopic (exact) mass is 671 g/mol. The van der Waals surface area contributed by atoms with Crippen LogP contribution in [0.5, 0.6) is 0 Å². The maximum Gasteiger partial charge on any atom is 0.0541 e. The highest BCUT2D eigenvalue weighted by molar-refractivity contribution is 6.09. The lowest BCUT2D eigenvalue weighted by molar-refractivity contribution is 0.473. The fraction of sp³-hybridized carbons (Fsp3) is 0.137. The largest absolute Gasteiger partial charge is 0.309 e. The zero-order valence-electron chi connectivity index (χ0n) is 30.3. The number of nitrogens with zero attached hydrogens (tertiary/aromatic N) is 1. The second kappa shape index (κ2) is 14.7. The zero-order valence-corrected chi connectivity index (χ0v) is 30.3. The summed E-state index contributed by atoms with van der Waals surface area (Å²) in [4.78, 5) is 0. The first kappa shape index (κ1) is 33.2. The molecule has 2 aliphatic rings. The third kappa shape index (κ3) is 6.75. The maximum absolute atomic E-state index is 2.39. The Morgan fingerprint density at radius 2 is 1.06 bits per heavy atom. The summed E-state index contributed by atoms with van der Waals surface area (Å²) >= 11 is 0. The van der Waals surface area contributed by atoms with Crippen LogP contribution in [0.2, 0.25) is 0 Å². The summed E-state index contributed by atoms with van der Waals surface area (Å²) in [5, 5.41) is 2.59. The Labute approximate surface area is 308 Å². The van der Waals surface area contributed by atoms with Crippen molar-refractivity contribution < 1.29 is 0 Å². The minimum absolute atomic E-state index is 0.597. The molecule has 1 heterocycles. The maximum atomic E-state index is 2.39. The van der Waals surface area contributed by atoms with Crippen molar-refractivity contribution in [2.75, 3.05) is 0 Å². The van der Waals surface area contributed by atoms with Crippen LogP contribution in [0.4, 0.5) is 0 Å². The molecule has 2 aliphatic carbocycles. The van der Waals surface area contributed by atoms with Crippen molar-refractivity contribution in [3.8, 4) is 27.9 Å². The highest BCUT2D eigenvalue weighted by atomic mass is 15.0. The normalized spacial score (nSPS) is 16.7. The van der Waals surface area contributed by atoms with Crippen LogP contribution in [0.15, 0.2) is 188 Å². The van der Waals surface area contributed by atoms with Gasteiger partial charge in [-0.05, 0) is 120 Å². The first-order valence-electron chi connectivity index (χ1n) is 18.6. The van der Waals surface area contributed by atoms with Gasteiger partial charge >= 0.3 is 0 Å². The average Bonchev–Trinajstić information content (AvgIpc) is 3.54. The molecule has 6 aromatic carbocycles. The Balaban J connectivity index is 0.000000149. The molecule has 0 N–H and O–H groups in total. The molecule has 2 unspecified atom stereocenters. The van der Waals surface area contributed by atoms with Crippen LogP contribution in [-0.2, 0) is 0 Å². The fourth-order valence-corrected chi connectivity index (χ4v) is 8.02. The number of hydrogen-bond acceptors (Lipinski definition) is 0. The molecular weight excluding hydrogens is 627 g/mol. The zero-order chi connectivity index (χ0) is 35.4. The lowest BCUT2D eigenvalue weighted by atomic mass is 9.77. The van der Waals surface area contributed by atoms with Crippen LogP contribution < -0.4 is 0 Å². The highest BCUT2D eigenvalue weighted by Gasteiger charge is 2.22. The molecular formula is C51H45N. The van der Waals surface area contributed by atoms with Crippen molar-refractivity contribution >= 4 is 27.4 Å². The molecule has 1 heteroatoms. The van der Waals surface area contributed by atoms with Crippen LogP contribution in [0.25, 0.3) is 55.3 Å². The van der Waals surface area contributed by atoms with Gasteiger partial charge in [0.1, 0.15) is 0 Å². The third-order valence-corrected chi connectivity index (χ3v) is 10.8. The van der Waals surface area contributed by atoms with Crippen molar-refractivity contribution in [3.63, 3.8) is 0 Å². The lowest BCUT2D eigenvalue weighted by Crippen LogP contribution is -2.15. The molecule has 0 amide bonds. The summed E-state index contributed by atoms with van der Waals surface area (Å²) in [7, 11) is 0. The minimum Gasteiger partial charge on any atom is -0.309 e. The fourth-order valence-electron chi connectivity index (χ4n) is 8.02. The summed E-state index contributed by atoms with van der Waals surface area (Å²) in [6.07, 6.45) is 16.1. The first-order valence-corrected chi connectivity index (χ1v) is 18.6. The van der Waals surface area contributed by atoms with Gasteiger partial charge in [0.2, 0.25) is 0 Å². The third-order valence-electron chi connectivity index (χ3n) is 10.8. The van der Waals surface area contributed by atoms with Gasteiger partial charge in [-0.25, -0.2) is 0 Å². The predicted molar refractivity (Wildman–Crippen MR) is 224 cm³/mol. The van der Waals surface area contributed by atoms with E-state index >= 15 is 0 Å². The van der Waals surface area contributed by atoms with E-state index in [9.17, 15) is 0 Å². The van der Waals surface area contributed by atoms with E-state index in [1.807, 2.05) is 0 Å². The first-order chi connectivity index (χ1) is 25.5. The topological polar surface area (TPSA) is 4.93 Å². The number of rotatable bonds is 5. The molecule has 0 fully saturated rings. The molecule has 0 radical (unpaired) electrons. The van der Waals surface area contributed by atoms with Crippen LogP contribution in [0.3, 0.4) is 0 Å². The second-order valence-corrected chi connectivity index (χ2v) is 14.3. The lowest BCUT2D eigenvalue weighted by Gasteiger charge is -2.27. The van der Waals surface area contributed by atoms with Crippen molar-refractivity contribution in [1.29, 1.82) is 0 Å². The molecule has 0 aliphatic heterocycles. The second-order valence-electron chi connectivity index (χ2n) is 14.3. The van der Waals surface area contributed by atoms with Gasteiger partial charge in [0.15, 0.2) is 0 Å². The molecule has 52 heavy (non-hydrogen) atoms. The van der Waals surface area contributed by atoms with E-state index in [1.165, 1.54) is 84.0 Å². The van der Waals surface area contributed by atoms with Crippen molar-refractivity contribution in [2.45, 2.75) is 33.6 Å². The van der Waals surface area contributed by atoms with Crippen LogP contribution in [0.1, 0.15) is 36.5 Å². The van der Waals surface area contributed by atoms with Gasteiger partial charge in [0.25, 0.3) is 0 Å². The van der Waals surface area contributed by atoms with E-state index in [0.717, 1.165) is 6.42 Å². The summed E-state index contributed by atoms with van der Waals surface area (Å²) in [5.74, 6) is 1.22. The van der Waals surface area contributed by atoms with Gasteiger partial charge < -0.3 is 4.57 Å². The molecule has 0 spiro atoms. The number of hydrogen-bond donors (Lipinski definition) is 0. The van der Waals surface area contributed by atoms with E-state index in [2.05, 4.69) is 207 Å². The molecule has 254 valence electrons. The number of fused-ring (bicyclic) bond motifs is 3. The van der Waals surface area contributed by atoms with Gasteiger partial charge in [0, 0.05) is 16.5 Å². The molecule has 1 nitrogen and oxygen atoms in total. The standard InChI is InChI=1S/C26H21N.C25H24/c1-18-9-3-4-10-21(18)24-17-20(16-15-19(24)2)27-25-13-7-5-11-22(25)23-12-6-8-14-26(23)27;1-19-8-5-11-21(16-19)23-13-7-15-25(18-23)24-14-6-12-22(17-24)20-9-3-2-4-10-20/h3-17H,1-2H3;2-15,17,21,23H,16,18H2,1H3. The Morgan fingerprint density at radius 3 is 1.79 bits per heavy atom. The van der Waals surface area contributed by atoms with Gasteiger partial charge in [-0.1, -0.05) is 157 Å². The van der Waals surface area contributed by atoms with Gasteiger partial charge in [-0.2, -0.15) is 0 Å². The van der Waals surface area contributed by atoms with E-state index in [1.54, 1.807) is 0 Å². The summed E-state index contributed by atoms with van der Waals surface area (Å²) in [6.45, 7) is 6.61. The van der Waals surface area contributed by atoms with Crippen molar-refractivity contribution in [1.82, 2.24) is 4.57 Å². The molecule has 1 aromatic heterocycles. The summed E-state index contributed by atoms with van der Waals surface area (Å²) < 4.78 is 2.38. The minimum atomic E-state index is 0.597. The Hall–Kier alpha value is -5.92. The number of aromatic nitrogens is 1. The molecule has 0 saturated heterocycles. The van der Waals surface area contributed by atoms with Gasteiger partial charge in [-0.15, -0.1) is 0 Å². The average molecular weight is 672 g/mol. The number of benzene rings is 6. The van der Waals surface area contributed by atoms with E-state index in [0.29, 0.717) is 11.8 Å². The smallest absolute Gasteiger partial charge is 0.0541 e. The van der Waals surface area contributed by atoms with Crippen molar-refractivity contribution in [3.05, 3.63) is 204 Å². The summed E-state index contributed by atoms with van der Waals surface area (Å²) in [5.41, 5.74) is 15.8.